The van der Waals surface area contributed by atoms with Crippen molar-refractivity contribution in [3.63, 3.8) is 0 Å². The number of aromatic hydroxyl groups is 1. The fourth-order valence-corrected chi connectivity index (χ4v) is 4.24. The molecule has 1 saturated heterocycles. The molecule has 11 nitrogen and oxygen atoms in total. The number of ether oxygens (including phenoxy) is 2. The number of amides is 1. The van der Waals surface area contributed by atoms with E-state index in [4.69, 9.17) is 9.47 Å². The van der Waals surface area contributed by atoms with Crippen molar-refractivity contribution in [2.75, 3.05) is 40.4 Å². The molecule has 3 rings (SSSR count). The number of likely N-dealkylation sites (N-methyl/N-ethyl adjacent to an activating group) is 1. The molecule has 2 aromatic carbocycles. The number of carbonyl (C=O) groups is 2. The Kier molecular flexibility index (Phi) is 8.15. The minimum atomic E-state index is -1.12. The van der Waals surface area contributed by atoms with Gasteiger partial charge in [-0.1, -0.05) is 19.9 Å². The molecule has 0 aromatic heterocycles. The highest BCUT2D eigenvalue weighted by atomic mass is 16.6. The second-order valence-electron chi connectivity index (χ2n) is 8.09. The molecule has 1 heterocycles. The van der Waals surface area contributed by atoms with Crippen molar-refractivity contribution in [3.05, 3.63) is 63.2 Å². The van der Waals surface area contributed by atoms with Gasteiger partial charge in [-0.05, 0) is 36.9 Å². The van der Waals surface area contributed by atoms with Crippen molar-refractivity contribution in [1.29, 1.82) is 0 Å². The van der Waals surface area contributed by atoms with Crippen molar-refractivity contribution < 1.29 is 34.2 Å². The normalized spacial score (nSPS) is 17.0. The number of phenols is 1. The largest absolute Gasteiger partial charge is 0.507 e. The average Bonchev–Trinajstić information content (AvgIpc) is 3.13. The topological polar surface area (TPSA) is 143 Å². The molecule has 0 radical (unpaired) electrons. The van der Waals surface area contributed by atoms with E-state index in [-0.39, 0.29) is 29.0 Å². The Morgan fingerprint density at radius 1 is 1.11 bits per heavy atom. The SMILES string of the molecule is CCN(CC)CCN1C(=O)C(=O)/C(=C(\O)c2ccc(OC)cc2OC)C1c1ccc(O)c([N+](=O)[O-])c1. The zero-order valence-electron chi connectivity index (χ0n) is 20.6. The second kappa shape index (κ2) is 11.1. The number of ketones is 1. The number of nitro benzene ring substituents is 1. The van der Waals surface area contributed by atoms with E-state index in [2.05, 4.69) is 4.90 Å². The Hall–Kier alpha value is -4.12. The van der Waals surface area contributed by atoms with Crippen LogP contribution in [0, 0.1) is 10.1 Å². The Bertz CT molecular complexity index is 1210. The van der Waals surface area contributed by atoms with Crippen LogP contribution >= 0.6 is 0 Å². The van der Waals surface area contributed by atoms with Crippen molar-refractivity contribution in [2.24, 2.45) is 0 Å². The van der Waals surface area contributed by atoms with Crippen LogP contribution in [0.5, 0.6) is 17.2 Å². The lowest BCUT2D eigenvalue weighted by Gasteiger charge is -2.28. The van der Waals surface area contributed by atoms with E-state index in [1.807, 2.05) is 13.8 Å². The minimum Gasteiger partial charge on any atom is -0.507 e. The number of carbonyl (C=O) groups excluding carboxylic acids is 2. The molecule has 0 spiro atoms. The highest BCUT2D eigenvalue weighted by Gasteiger charge is 2.46. The lowest BCUT2D eigenvalue weighted by Crippen LogP contribution is -2.38. The molecule has 0 aliphatic carbocycles. The van der Waals surface area contributed by atoms with E-state index in [1.165, 1.54) is 37.3 Å². The van der Waals surface area contributed by atoms with Gasteiger partial charge in [-0.2, -0.15) is 0 Å². The molecule has 1 aliphatic heterocycles. The molecule has 2 N–H and O–H groups in total. The Morgan fingerprint density at radius 3 is 2.39 bits per heavy atom. The summed E-state index contributed by atoms with van der Waals surface area (Å²) in [6.07, 6.45) is 0. The standard InChI is InChI=1S/C25H29N3O8/c1-5-26(6-2)11-12-27-22(15-7-10-19(29)18(13-15)28(33)34)21(24(31)25(27)32)23(30)17-9-8-16(35-3)14-20(17)36-4/h7-10,13-14,22,29-30H,5-6,11-12H2,1-4H3/b23-21-. The minimum absolute atomic E-state index is 0.141. The molecule has 1 fully saturated rings. The zero-order valence-corrected chi connectivity index (χ0v) is 20.6. The van der Waals surface area contributed by atoms with Gasteiger partial charge in [0.1, 0.15) is 17.3 Å². The van der Waals surface area contributed by atoms with E-state index < -0.39 is 39.9 Å². The first-order chi connectivity index (χ1) is 17.2. The van der Waals surface area contributed by atoms with Gasteiger partial charge >= 0.3 is 5.69 Å². The van der Waals surface area contributed by atoms with E-state index in [1.54, 1.807) is 6.07 Å². The van der Waals surface area contributed by atoms with Crippen molar-refractivity contribution in [1.82, 2.24) is 9.80 Å². The molecule has 1 unspecified atom stereocenters. The summed E-state index contributed by atoms with van der Waals surface area (Å²) in [5.74, 6) is -2.15. The molecular weight excluding hydrogens is 470 g/mol. The third kappa shape index (κ3) is 4.96. The summed E-state index contributed by atoms with van der Waals surface area (Å²) < 4.78 is 10.5. The van der Waals surface area contributed by atoms with Crippen LogP contribution in [-0.4, -0.2) is 77.0 Å². The maximum absolute atomic E-state index is 13.2. The van der Waals surface area contributed by atoms with Crippen LogP contribution in [0.3, 0.4) is 0 Å². The Balaban J connectivity index is 2.22. The number of benzene rings is 2. The molecule has 2 aromatic rings. The number of aliphatic hydroxyl groups is 1. The molecular formula is C25H29N3O8. The number of nitro groups is 1. The second-order valence-corrected chi connectivity index (χ2v) is 8.09. The van der Waals surface area contributed by atoms with Crippen LogP contribution in [0.2, 0.25) is 0 Å². The van der Waals surface area contributed by atoms with Crippen LogP contribution in [0.1, 0.15) is 31.0 Å². The molecule has 1 atom stereocenters. The van der Waals surface area contributed by atoms with E-state index in [0.717, 1.165) is 25.2 Å². The van der Waals surface area contributed by atoms with Gasteiger partial charge in [-0.15, -0.1) is 0 Å². The van der Waals surface area contributed by atoms with Crippen LogP contribution in [-0.2, 0) is 9.59 Å². The average molecular weight is 500 g/mol. The first kappa shape index (κ1) is 26.5. The monoisotopic (exact) mass is 499 g/mol. The van der Waals surface area contributed by atoms with Crippen molar-refractivity contribution in [2.45, 2.75) is 19.9 Å². The fourth-order valence-electron chi connectivity index (χ4n) is 4.24. The highest BCUT2D eigenvalue weighted by Crippen LogP contribution is 2.43. The number of methoxy groups -OCH3 is 2. The number of likely N-dealkylation sites (tertiary alicyclic amines) is 1. The molecule has 0 bridgehead atoms. The summed E-state index contributed by atoms with van der Waals surface area (Å²) in [6.45, 7) is 5.96. The lowest BCUT2D eigenvalue weighted by molar-refractivity contribution is -0.385. The van der Waals surface area contributed by atoms with E-state index >= 15 is 0 Å². The van der Waals surface area contributed by atoms with Crippen molar-refractivity contribution in [3.8, 4) is 17.2 Å². The van der Waals surface area contributed by atoms with Gasteiger partial charge in [-0.3, -0.25) is 19.7 Å². The summed E-state index contributed by atoms with van der Waals surface area (Å²) in [5.41, 5.74) is -0.461. The van der Waals surface area contributed by atoms with Gasteiger partial charge in [0.2, 0.25) is 0 Å². The molecule has 0 saturated carbocycles. The summed E-state index contributed by atoms with van der Waals surface area (Å²) in [6, 6.07) is 7.09. The Labute approximate surface area is 208 Å². The Morgan fingerprint density at radius 2 is 1.81 bits per heavy atom. The van der Waals surface area contributed by atoms with Gasteiger partial charge in [-0.25, -0.2) is 0 Å². The number of nitrogens with zero attached hydrogens (tertiary/aromatic N) is 3. The maximum Gasteiger partial charge on any atom is 0.311 e. The van der Waals surface area contributed by atoms with Gasteiger partial charge in [0.25, 0.3) is 11.7 Å². The van der Waals surface area contributed by atoms with E-state index in [9.17, 15) is 29.9 Å². The number of hydrogen-bond acceptors (Lipinski definition) is 9. The lowest BCUT2D eigenvalue weighted by atomic mass is 9.94. The van der Waals surface area contributed by atoms with Gasteiger partial charge < -0.3 is 29.5 Å². The summed E-state index contributed by atoms with van der Waals surface area (Å²) in [7, 11) is 2.85. The van der Waals surface area contributed by atoms with Crippen molar-refractivity contribution >= 4 is 23.1 Å². The summed E-state index contributed by atoms with van der Waals surface area (Å²) in [5, 5.41) is 32.7. The number of phenolic OH excluding ortho intramolecular Hbond substituents is 1. The number of Topliss-reactive ketones (excluding diaryl/α,β-unsaturated/α-hetero) is 1. The first-order valence-corrected chi connectivity index (χ1v) is 11.4. The van der Waals surface area contributed by atoms with Gasteiger partial charge in [0, 0.05) is 25.2 Å². The quantitative estimate of drug-likeness (QED) is 0.166. The maximum atomic E-state index is 13.2. The van der Waals surface area contributed by atoms with Gasteiger partial charge in [0.05, 0.1) is 36.3 Å². The molecule has 1 amide bonds. The number of rotatable bonds is 10. The predicted octanol–water partition coefficient (Wildman–Crippen LogP) is 3.08. The fraction of sp³-hybridized carbons (Fsp3) is 0.360. The van der Waals surface area contributed by atoms with Gasteiger partial charge in [0.15, 0.2) is 5.75 Å². The zero-order chi connectivity index (χ0) is 26.6. The molecule has 1 aliphatic rings. The van der Waals surface area contributed by atoms with Crippen LogP contribution in [0.4, 0.5) is 5.69 Å². The summed E-state index contributed by atoms with van der Waals surface area (Å²) in [4.78, 5) is 40.4. The first-order valence-electron chi connectivity index (χ1n) is 11.4. The molecule has 36 heavy (non-hydrogen) atoms. The molecule has 192 valence electrons. The van der Waals surface area contributed by atoms with E-state index in [0.29, 0.717) is 12.3 Å². The molecule has 11 heteroatoms. The van der Waals surface area contributed by atoms with Crippen LogP contribution < -0.4 is 9.47 Å². The van der Waals surface area contributed by atoms with Crippen LogP contribution in [0.15, 0.2) is 42.0 Å². The highest BCUT2D eigenvalue weighted by molar-refractivity contribution is 6.46. The predicted molar refractivity (Wildman–Crippen MR) is 131 cm³/mol. The van der Waals surface area contributed by atoms with Crippen LogP contribution in [0.25, 0.3) is 5.76 Å². The summed E-state index contributed by atoms with van der Waals surface area (Å²) >= 11 is 0. The smallest absolute Gasteiger partial charge is 0.311 e. The number of aliphatic hydroxyl groups excluding tert-OH is 1. The third-order valence-corrected chi connectivity index (χ3v) is 6.27. The third-order valence-electron chi connectivity index (χ3n) is 6.27. The number of hydrogen-bond donors (Lipinski definition) is 2.